The molecule has 0 amide bonds. The molecule has 1 saturated carbocycles. The van der Waals surface area contributed by atoms with Gasteiger partial charge in [0.05, 0.1) is 19.3 Å². The van der Waals surface area contributed by atoms with Crippen molar-refractivity contribution in [3.63, 3.8) is 0 Å². The molecule has 2 rings (SSSR count). The fourth-order valence-corrected chi connectivity index (χ4v) is 2.62. The largest absolute Gasteiger partial charge is 0.378 e. The van der Waals surface area contributed by atoms with Gasteiger partial charge in [0, 0.05) is 6.04 Å². The maximum atomic E-state index is 5.17. The van der Waals surface area contributed by atoms with Crippen LogP contribution in [0.2, 0.25) is 0 Å². The van der Waals surface area contributed by atoms with Gasteiger partial charge in [-0.2, -0.15) is 0 Å². The lowest BCUT2D eigenvalue weighted by Gasteiger charge is -2.36. The highest BCUT2D eigenvalue weighted by molar-refractivity contribution is 4.83. The summed E-state index contributed by atoms with van der Waals surface area (Å²) >= 11 is 0. The van der Waals surface area contributed by atoms with E-state index in [1.54, 1.807) is 0 Å². The van der Waals surface area contributed by atoms with Crippen molar-refractivity contribution in [2.24, 2.45) is 11.8 Å². The highest BCUT2D eigenvalue weighted by Gasteiger charge is 2.26. The van der Waals surface area contributed by atoms with Crippen LogP contribution < -0.4 is 5.32 Å². The maximum absolute atomic E-state index is 5.17. The molecule has 0 bridgehead atoms. The summed E-state index contributed by atoms with van der Waals surface area (Å²) in [5.74, 6) is 1.86. The molecule has 0 aromatic rings. The number of ether oxygens (including phenoxy) is 1. The standard InChI is InChI=1S/C12H23NO/c1-9(2)10-3-5-11(6-4-10)13-12-7-14-8-12/h9-13H,3-8H2,1-2H3. The second-order valence-corrected chi connectivity index (χ2v) is 5.26. The minimum atomic E-state index is 0.663. The first-order valence-electron chi connectivity index (χ1n) is 6.09. The van der Waals surface area contributed by atoms with Crippen LogP contribution in [0.5, 0.6) is 0 Å². The van der Waals surface area contributed by atoms with Crippen LogP contribution in [0, 0.1) is 11.8 Å². The van der Waals surface area contributed by atoms with Crippen LogP contribution >= 0.6 is 0 Å². The van der Waals surface area contributed by atoms with Crippen molar-refractivity contribution in [3.8, 4) is 0 Å². The van der Waals surface area contributed by atoms with E-state index in [2.05, 4.69) is 19.2 Å². The summed E-state index contributed by atoms with van der Waals surface area (Å²) in [5, 5.41) is 3.69. The lowest BCUT2D eigenvalue weighted by Crippen LogP contribution is -2.51. The summed E-state index contributed by atoms with van der Waals surface area (Å²) in [4.78, 5) is 0. The van der Waals surface area contributed by atoms with E-state index < -0.39 is 0 Å². The molecule has 0 aromatic heterocycles. The molecule has 1 heterocycles. The summed E-state index contributed by atoms with van der Waals surface area (Å²) in [6, 6.07) is 1.44. The Balaban J connectivity index is 1.67. The van der Waals surface area contributed by atoms with E-state index in [1.165, 1.54) is 25.7 Å². The first-order chi connectivity index (χ1) is 6.75. The van der Waals surface area contributed by atoms with E-state index in [9.17, 15) is 0 Å². The van der Waals surface area contributed by atoms with E-state index in [-0.39, 0.29) is 0 Å². The molecule has 0 spiro atoms. The minimum absolute atomic E-state index is 0.663. The van der Waals surface area contributed by atoms with Crippen LogP contribution in [-0.4, -0.2) is 25.3 Å². The van der Waals surface area contributed by atoms with Gasteiger partial charge in [0.1, 0.15) is 0 Å². The maximum Gasteiger partial charge on any atom is 0.0643 e. The van der Waals surface area contributed by atoms with Crippen LogP contribution in [0.25, 0.3) is 0 Å². The Hall–Kier alpha value is -0.0800. The highest BCUT2D eigenvalue weighted by atomic mass is 16.5. The van der Waals surface area contributed by atoms with Gasteiger partial charge in [-0.05, 0) is 37.5 Å². The van der Waals surface area contributed by atoms with Crippen molar-refractivity contribution in [1.82, 2.24) is 5.32 Å². The van der Waals surface area contributed by atoms with Crippen LogP contribution in [0.1, 0.15) is 39.5 Å². The lowest BCUT2D eigenvalue weighted by molar-refractivity contribution is -0.0130. The Bertz CT molecular complexity index is 169. The molecule has 0 unspecified atom stereocenters. The van der Waals surface area contributed by atoms with Crippen molar-refractivity contribution in [3.05, 3.63) is 0 Å². The smallest absolute Gasteiger partial charge is 0.0643 e. The molecule has 0 radical (unpaired) electrons. The number of hydrogen-bond acceptors (Lipinski definition) is 2. The molecule has 2 heteroatoms. The summed E-state index contributed by atoms with van der Waals surface area (Å²) in [6.07, 6.45) is 5.59. The lowest BCUT2D eigenvalue weighted by atomic mass is 9.79. The van der Waals surface area contributed by atoms with Gasteiger partial charge >= 0.3 is 0 Å². The fourth-order valence-electron chi connectivity index (χ4n) is 2.62. The van der Waals surface area contributed by atoms with Gasteiger partial charge in [-0.1, -0.05) is 13.8 Å². The van der Waals surface area contributed by atoms with E-state index in [4.69, 9.17) is 4.74 Å². The van der Waals surface area contributed by atoms with Gasteiger partial charge in [-0.25, -0.2) is 0 Å². The second kappa shape index (κ2) is 4.63. The van der Waals surface area contributed by atoms with Crippen LogP contribution in [0.15, 0.2) is 0 Å². The summed E-state index contributed by atoms with van der Waals surface area (Å²) in [5.41, 5.74) is 0. The summed E-state index contributed by atoms with van der Waals surface area (Å²) in [6.45, 7) is 6.59. The van der Waals surface area contributed by atoms with Crippen LogP contribution in [0.3, 0.4) is 0 Å². The van der Waals surface area contributed by atoms with E-state index in [1.807, 2.05) is 0 Å². The Morgan fingerprint density at radius 1 is 1.00 bits per heavy atom. The molecule has 1 saturated heterocycles. The molecule has 2 fully saturated rings. The quantitative estimate of drug-likeness (QED) is 0.749. The third kappa shape index (κ3) is 2.48. The molecule has 2 aliphatic rings. The second-order valence-electron chi connectivity index (χ2n) is 5.26. The van der Waals surface area contributed by atoms with E-state index in [0.29, 0.717) is 6.04 Å². The Labute approximate surface area is 87.4 Å². The zero-order chi connectivity index (χ0) is 9.97. The predicted molar refractivity (Wildman–Crippen MR) is 58.3 cm³/mol. The first-order valence-corrected chi connectivity index (χ1v) is 6.09. The van der Waals surface area contributed by atoms with Crippen molar-refractivity contribution >= 4 is 0 Å². The molecule has 2 nitrogen and oxygen atoms in total. The van der Waals surface area contributed by atoms with Crippen molar-refractivity contribution < 1.29 is 4.74 Å². The van der Waals surface area contributed by atoms with E-state index in [0.717, 1.165) is 31.1 Å². The summed E-state index contributed by atoms with van der Waals surface area (Å²) < 4.78 is 5.17. The number of rotatable bonds is 3. The third-order valence-electron chi connectivity index (χ3n) is 3.82. The molecular weight excluding hydrogens is 174 g/mol. The predicted octanol–water partition coefficient (Wildman–Crippen LogP) is 2.19. The molecule has 0 atom stereocenters. The average molecular weight is 197 g/mol. The number of nitrogens with one attached hydrogen (secondary N) is 1. The Morgan fingerprint density at radius 2 is 1.64 bits per heavy atom. The number of hydrogen-bond donors (Lipinski definition) is 1. The SMILES string of the molecule is CC(C)C1CCC(NC2COC2)CC1. The van der Waals surface area contributed by atoms with Crippen molar-refractivity contribution in [2.75, 3.05) is 13.2 Å². The van der Waals surface area contributed by atoms with Crippen molar-refractivity contribution in [2.45, 2.75) is 51.6 Å². The monoisotopic (exact) mass is 197 g/mol. The van der Waals surface area contributed by atoms with Crippen molar-refractivity contribution in [1.29, 1.82) is 0 Å². The topological polar surface area (TPSA) is 21.3 Å². The molecule has 1 aliphatic carbocycles. The van der Waals surface area contributed by atoms with Gasteiger partial charge in [0.15, 0.2) is 0 Å². The Kier molecular flexibility index (Phi) is 3.45. The zero-order valence-corrected chi connectivity index (χ0v) is 9.46. The molecule has 14 heavy (non-hydrogen) atoms. The van der Waals surface area contributed by atoms with Gasteiger partial charge in [0.2, 0.25) is 0 Å². The fraction of sp³-hybridized carbons (Fsp3) is 1.00. The normalized spacial score (nSPS) is 34.5. The van der Waals surface area contributed by atoms with Gasteiger partial charge < -0.3 is 10.1 Å². The Morgan fingerprint density at radius 3 is 2.07 bits per heavy atom. The van der Waals surface area contributed by atoms with E-state index >= 15 is 0 Å². The van der Waals surface area contributed by atoms with Gasteiger partial charge in [-0.3, -0.25) is 0 Å². The van der Waals surface area contributed by atoms with Gasteiger partial charge in [-0.15, -0.1) is 0 Å². The van der Waals surface area contributed by atoms with Crippen LogP contribution in [-0.2, 0) is 4.74 Å². The summed E-state index contributed by atoms with van der Waals surface area (Å²) in [7, 11) is 0. The third-order valence-corrected chi connectivity index (χ3v) is 3.82. The minimum Gasteiger partial charge on any atom is -0.378 e. The highest BCUT2D eigenvalue weighted by Crippen LogP contribution is 2.30. The zero-order valence-electron chi connectivity index (χ0n) is 9.46. The molecule has 1 aliphatic heterocycles. The molecule has 82 valence electrons. The van der Waals surface area contributed by atoms with Gasteiger partial charge in [0.25, 0.3) is 0 Å². The molecule has 0 aromatic carbocycles. The molecule has 1 N–H and O–H groups in total. The average Bonchev–Trinajstić information content (AvgIpc) is 2.12. The first kappa shape index (κ1) is 10.4. The van der Waals surface area contributed by atoms with Crippen LogP contribution in [0.4, 0.5) is 0 Å². The molecular formula is C12H23NO.